The zero-order valence-corrected chi connectivity index (χ0v) is 8.51. The van der Waals surface area contributed by atoms with Crippen molar-refractivity contribution >= 4 is 16.7 Å². The summed E-state index contributed by atoms with van der Waals surface area (Å²) >= 11 is 0. The molecule has 0 unspecified atom stereocenters. The number of nitrogens with zero attached hydrogens (tertiary/aromatic N) is 2. The minimum Gasteiger partial charge on any atom is -0.392 e. The summed E-state index contributed by atoms with van der Waals surface area (Å²) in [5.41, 5.74) is 0.903. The highest BCUT2D eigenvalue weighted by atomic mass is 16.3. The molecule has 0 spiro atoms. The molecular weight excluding hydrogens is 190 g/mol. The number of anilines is 1. The Balaban J connectivity index is 2.34. The first kappa shape index (κ1) is 9.86. The zero-order chi connectivity index (χ0) is 10.7. The Morgan fingerprint density at radius 2 is 2.13 bits per heavy atom. The van der Waals surface area contributed by atoms with Crippen LogP contribution in [-0.2, 0) is 0 Å². The summed E-state index contributed by atoms with van der Waals surface area (Å²) in [6.07, 6.45) is 1.13. The molecule has 0 bridgehead atoms. The van der Waals surface area contributed by atoms with Crippen LogP contribution in [0.25, 0.3) is 10.9 Å². The van der Waals surface area contributed by atoms with Gasteiger partial charge in [0, 0.05) is 11.9 Å². The molecule has 4 nitrogen and oxygen atoms in total. The maximum atomic E-state index is 9.18. The first-order chi connectivity index (χ1) is 7.27. The lowest BCUT2D eigenvalue weighted by molar-refractivity contribution is 0.208. The highest BCUT2D eigenvalue weighted by molar-refractivity contribution is 5.88. The molecule has 0 fully saturated rings. The molecule has 2 N–H and O–H groups in total. The zero-order valence-electron chi connectivity index (χ0n) is 8.51. The van der Waals surface area contributed by atoms with Gasteiger partial charge in [0.15, 0.2) is 0 Å². The molecule has 15 heavy (non-hydrogen) atoms. The number of para-hydroxylation sites is 1. The smallest absolute Gasteiger partial charge is 0.137 e. The molecule has 1 aromatic carbocycles. The molecule has 1 atom stereocenters. The molecule has 1 aromatic heterocycles. The summed E-state index contributed by atoms with van der Waals surface area (Å²) < 4.78 is 0. The second-order valence-corrected chi connectivity index (χ2v) is 3.47. The molecule has 2 aromatic rings. The fourth-order valence-corrected chi connectivity index (χ4v) is 1.39. The van der Waals surface area contributed by atoms with E-state index in [2.05, 4.69) is 15.3 Å². The van der Waals surface area contributed by atoms with Crippen LogP contribution < -0.4 is 5.32 Å². The molecule has 0 saturated heterocycles. The van der Waals surface area contributed by atoms with Crippen molar-refractivity contribution in [3.63, 3.8) is 0 Å². The first-order valence-corrected chi connectivity index (χ1v) is 4.89. The second kappa shape index (κ2) is 4.23. The standard InChI is InChI=1S/C11H13N3O/c1-8(15)6-12-11-9-4-2-3-5-10(9)13-7-14-11/h2-5,7-8,15H,6H2,1H3,(H,12,13,14)/t8-/m0/s1. The third kappa shape index (κ3) is 2.22. The van der Waals surface area contributed by atoms with E-state index in [9.17, 15) is 5.11 Å². The summed E-state index contributed by atoms with van der Waals surface area (Å²) in [4.78, 5) is 8.30. The average molecular weight is 203 g/mol. The van der Waals surface area contributed by atoms with Crippen LogP contribution in [-0.4, -0.2) is 27.7 Å². The number of rotatable bonds is 3. The molecule has 0 amide bonds. The van der Waals surface area contributed by atoms with Crippen molar-refractivity contribution < 1.29 is 5.11 Å². The highest BCUT2D eigenvalue weighted by Crippen LogP contribution is 2.17. The third-order valence-electron chi connectivity index (χ3n) is 2.11. The third-order valence-corrected chi connectivity index (χ3v) is 2.11. The minimum atomic E-state index is -0.390. The van der Waals surface area contributed by atoms with E-state index in [0.717, 1.165) is 16.7 Å². The highest BCUT2D eigenvalue weighted by Gasteiger charge is 2.02. The van der Waals surface area contributed by atoms with Gasteiger partial charge in [0.2, 0.25) is 0 Å². The predicted octanol–water partition coefficient (Wildman–Crippen LogP) is 1.42. The normalized spacial score (nSPS) is 12.7. The van der Waals surface area contributed by atoms with E-state index in [0.29, 0.717) is 6.54 Å². The fourth-order valence-electron chi connectivity index (χ4n) is 1.39. The lowest BCUT2D eigenvalue weighted by Gasteiger charge is -2.09. The van der Waals surface area contributed by atoms with E-state index >= 15 is 0 Å². The fraction of sp³-hybridized carbons (Fsp3) is 0.273. The summed E-state index contributed by atoms with van der Waals surface area (Å²) in [7, 11) is 0. The van der Waals surface area contributed by atoms with Crippen molar-refractivity contribution in [1.82, 2.24) is 9.97 Å². The van der Waals surface area contributed by atoms with Crippen molar-refractivity contribution in [2.45, 2.75) is 13.0 Å². The Bertz CT molecular complexity index is 451. The van der Waals surface area contributed by atoms with Gasteiger partial charge in [-0.05, 0) is 19.1 Å². The van der Waals surface area contributed by atoms with Crippen molar-refractivity contribution in [1.29, 1.82) is 0 Å². The van der Waals surface area contributed by atoms with Crippen molar-refractivity contribution in [2.75, 3.05) is 11.9 Å². The molecule has 2 rings (SSSR count). The van der Waals surface area contributed by atoms with E-state index in [-0.39, 0.29) is 0 Å². The van der Waals surface area contributed by atoms with E-state index in [1.165, 1.54) is 6.33 Å². The van der Waals surface area contributed by atoms with Crippen LogP contribution in [0.15, 0.2) is 30.6 Å². The lowest BCUT2D eigenvalue weighted by atomic mass is 10.2. The Hall–Kier alpha value is -1.68. The topological polar surface area (TPSA) is 58.0 Å². The molecule has 1 heterocycles. The number of aliphatic hydroxyl groups is 1. The van der Waals surface area contributed by atoms with Gasteiger partial charge >= 0.3 is 0 Å². The molecule has 0 radical (unpaired) electrons. The van der Waals surface area contributed by atoms with Crippen LogP contribution >= 0.6 is 0 Å². The Labute approximate surface area is 88.0 Å². The summed E-state index contributed by atoms with van der Waals surface area (Å²) in [5, 5.41) is 13.2. The SMILES string of the molecule is C[C@H](O)CNc1ncnc2ccccc12. The molecule has 78 valence electrons. The van der Waals surface area contributed by atoms with Gasteiger partial charge in [-0.3, -0.25) is 0 Å². The van der Waals surface area contributed by atoms with Gasteiger partial charge in [0.05, 0.1) is 11.6 Å². The maximum Gasteiger partial charge on any atom is 0.137 e. The Kier molecular flexibility index (Phi) is 2.78. The quantitative estimate of drug-likeness (QED) is 0.792. The molecule has 0 aliphatic rings. The maximum absolute atomic E-state index is 9.18. The second-order valence-electron chi connectivity index (χ2n) is 3.47. The van der Waals surface area contributed by atoms with Gasteiger partial charge in [0.25, 0.3) is 0 Å². The van der Waals surface area contributed by atoms with Crippen LogP contribution in [0.3, 0.4) is 0 Å². The Morgan fingerprint density at radius 1 is 1.33 bits per heavy atom. The molecule has 0 aliphatic carbocycles. The van der Waals surface area contributed by atoms with Crippen LogP contribution in [0.1, 0.15) is 6.92 Å². The van der Waals surface area contributed by atoms with Gasteiger partial charge in [-0.15, -0.1) is 0 Å². The summed E-state index contributed by atoms with van der Waals surface area (Å²) in [5.74, 6) is 0.765. The molecule has 0 saturated carbocycles. The monoisotopic (exact) mass is 203 g/mol. The van der Waals surface area contributed by atoms with Gasteiger partial charge in [-0.1, -0.05) is 12.1 Å². The van der Waals surface area contributed by atoms with Crippen molar-refractivity contribution in [2.24, 2.45) is 0 Å². The lowest BCUT2D eigenvalue weighted by Crippen LogP contribution is -2.16. The predicted molar refractivity (Wildman–Crippen MR) is 59.7 cm³/mol. The van der Waals surface area contributed by atoms with Crippen LogP contribution in [0.5, 0.6) is 0 Å². The number of hydrogen-bond acceptors (Lipinski definition) is 4. The van der Waals surface area contributed by atoms with Crippen LogP contribution in [0.4, 0.5) is 5.82 Å². The number of benzene rings is 1. The van der Waals surface area contributed by atoms with Crippen molar-refractivity contribution in [3.8, 4) is 0 Å². The number of hydrogen-bond donors (Lipinski definition) is 2. The average Bonchev–Trinajstić information content (AvgIpc) is 2.26. The van der Waals surface area contributed by atoms with E-state index in [4.69, 9.17) is 0 Å². The number of aliphatic hydroxyl groups excluding tert-OH is 1. The first-order valence-electron chi connectivity index (χ1n) is 4.89. The van der Waals surface area contributed by atoms with Crippen molar-refractivity contribution in [3.05, 3.63) is 30.6 Å². The van der Waals surface area contributed by atoms with Gasteiger partial charge in [-0.2, -0.15) is 0 Å². The van der Waals surface area contributed by atoms with Gasteiger partial charge in [0.1, 0.15) is 12.1 Å². The molecular formula is C11H13N3O. The van der Waals surface area contributed by atoms with E-state index < -0.39 is 6.10 Å². The van der Waals surface area contributed by atoms with E-state index in [1.807, 2.05) is 24.3 Å². The van der Waals surface area contributed by atoms with Gasteiger partial charge in [-0.25, -0.2) is 9.97 Å². The largest absolute Gasteiger partial charge is 0.392 e. The number of aromatic nitrogens is 2. The summed E-state index contributed by atoms with van der Waals surface area (Å²) in [6, 6.07) is 7.78. The molecule has 0 aliphatic heterocycles. The van der Waals surface area contributed by atoms with Crippen LogP contribution in [0.2, 0.25) is 0 Å². The number of nitrogens with one attached hydrogen (secondary N) is 1. The number of fused-ring (bicyclic) bond motifs is 1. The summed E-state index contributed by atoms with van der Waals surface area (Å²) in [6.45, 7) is 2.22. The minimum absolute atomic E-state index is 0.390. The van der Waals surface area contributed by atoms with E-state index in [1.54, 1.807) is 6.92 Å². The van der Waals surface area contributed by atoms with Crippen LogP contribution in [0, 0.1) is 0 Å². The molecule has 4 heteroatoms. The Morgan fingerprint density at radius 3 is 2.93 bits per heavy atom. The van der Waals surface area contributed by atoms with Gasteiger partial charge < -0.3 is 10.4 Å².